The van der Waals surface area contributed by atoms with Crippen LogP contribution < -0.4 is 10.1 Å². The van der Waals surface area contributed by atoms with Crippen molar-refractivity contribution in [2.75, 3.05) is 32.1 Å². The van der Waals surface area contributed by atoms with E-state index in [-0.39, 0.29) is 30.2 Å². The standard InChI is InChI=1S/C20H24N4O4/c1-13-9-14(2)22-20(21-13)28-17-6-4-5-16(11-17)23-19(26)15-10-18(25)24(12-15)7-8-27-3/h4-6,9,11,15H,7-8,10,12H2,1-3H3,(H,23,26). The van der Waals surface area contributed by atoms with Crippen molar-refractivity contribution in [3.8, 4) is 11.8 Å². The van der Waals surface area contributed by atoms with Gasteiger partial charge < -0.3 is 19.7 Å². The fraction of sp³-hybridized carbons (Fsp3) is 0.400. The summed E-state index contributed by atoms with van der Waals surface area (Å²) in [6.07, 6.45) is 0.210. The molecule has 1 atom stereocenters. The Morgan fingerprint density at radius 1 is 1.25 bits per heavy atom. The highest BCUT2D eigenvalue weighted by Crippen LogP contribution is 2.24. The van der Waals surface area contributed by atoms with Crippen LogP contribution in [0.4, 0.5) is 5.69 Å². The van der Waals surface area contributed by atoms with Crippen molar-refractivity contribution in [2.24, 2.45) is 5.92 Å². The molecule has 1 N–H and O–H groups in total. The van der Waals surface area contributed by atoms with Crippen molar-refractivity contribution in [3.05, 3.63) is 41.7 Å². The summed E-state index contributed by atoms with van der Waals surface area (Å²) in [6.45, 7) is 5.10. The number of ether oxygens (including phenoxy) is 2. The van der Waals surface area contributed by atoms with Crippen LogP contribution in [0, 0.1) is 19.8 Å². The Bertz CT molecular complexity index is 851. The second-order valence-corrected chi connectivity index (χ2v) is 6.79. The predicted octanol–water partition coefficient (Wildman–Crippen LogP) is 2.32. The molecule has 0 spiro atoms. The summed E-state index contributed by atoms with van der Waals surface area (Å²) in [5.41, 5.74) is 2.22. The zero-order valence-electron chi connectivity index (χ0n) is 16.3. The largest absolute Gasteiger partial charge is 0.424 e. The topological polar surface area (TPSA) is 93.7 Å². The number of carbonyl (C=O) groups is 2. The minimum Gasteiger partial charge on any atom is -0.424 e. The Hall–Kier alpha value is -3.00. The molecule has 3 rings (SSSR count). The van der Waals surface area contributed by atoms with Crippen LogP contribution in [-0.2, 0) is 14.3 Å². The molecule has 1 saturated heterocycles. The summed E-state index contributed by atoms with van der Waals surface area (Å²) in [4.78, 5) is 34.7. The number of methoxy groups -OCH3 is 1. The molecule has 0 saturated carbocycles. The number of anilines is 1. The number of aromatic nitrogens is 2. The summed E-state index contributed by atoms with van der Waals surface area (Å²) in [6, 6.07) is 9.14. The first-order valence-corrected chi connectivity index (χ1v) is 9.12. The van der Waals surface area contributed by atoms with E-state index in [0.717, 1.165) is 11.4 Å². The third-order valence-electron chi connectivity index (χ3n) is 4.42. The van der Waals surface area contributed by atoms with Crippen molar-refractivity contribution < 1.29 is 19.1 Å². The quantitative estimate of drug-likeness (QED) is 0.787. The molecule has 1 aliphatic heterocycles. The number of carbonyl (C=O) groups excluding carboxylic acids is 2. The second kappa shape index (κ2) is 8.79. The van der Waals surface area contributed by atoms with Crippen molar-refractivity contribution in [1.29, 1.82) is 0 Å². The van der Waals surface area contributed by atoms with E-state index in [0.29, 0.717) is 31.1 Å². The van der Waals surface area contributed by atoms with Gasteiger partial charge in [0.05, 0.1) is 12.5 Å². The molecule has 2 aromatic rings. The average molecular weight is 384 g/mol. The number of likely N-dealkylation sites (tertiary alicyclic amines) is 1. The molecule has 2 amide bonds. The first-order chi connectivity index (χ1) is 13.4. The monoisotopic (exact) mass is 384 g/mol. The van der Waals surface area contributed by atoms with E-state index in [1.807, 2.05) is 19.9 Å². The van der Waals surface area contributed by atoms with E-state index in [1.165, 1.54) is 0 Å². The summed E-state index contributed by atoms with van der Waals surface area (Å²) in [7, 11) is 1.59. The molecule has 2 heterocycles. The van der Waals surface area contributed by atoms with Crippen LogP contribution in [0.25, 0.3) is 0 Å². The van der Waals surface area contributed by atoms with Gasteiger partial charge >= 0.3 is 6.01 Å². The van der Waals surface area contributed by atoms with Gasteiger partial charge in [-0.15, -0.1) is 0 Å². The van der Waals surface area contributed by atoms with Gasteiger partial charge in [-0.1, -0.05) is 6.07 Å². The number of benzene rings is 1. The van der Waals surface area contributed by atoms with Gasteiger partial charge in [-0.2, -0.15) is 0 Å². The maximum absolute atomic E-state index is 12.6. The Kier molecular flexibility index (Phi) is 6.20. The molecule has 1 aromatic carbocycles. The van der Waals surface area contributed by atoms with Crippen LogP contribution in [0.2, 0.25) is 0 Å². The summed E-state index contributed by atoms with van der Waals surface area (Å²) in [5, 5.41) is 2.86. The van der Waals surface area contributed by atoms with Gasteiger partial charge in [0.25, 0.3) is 0 Å². The van der Waals surface area contributed by atoms with Crippen LogP contribution >= 0.6 is 0 Å². The summed E-state index contributed by atoms with van der Waals surface area (Å²) in [5.74, 6) is -0.0713. The van der Waals surface area contributed by atoms with Gasteiger partial charge in [0.15, 0.2) is 0 Å². The molecule has 8 nitrogen and oxygen atoms in total. The van der Waals surface area contributed by atoms with Crippen LogP contribution in [0.3, 0.4) is 0 Å². The van der Waals surface area contributed by atoms with Crippen molar-refractivity contribution in [1.82, 2.24) is 14.9 Å². The van der Waals surface area contributed by atoms with E-state index in [9.17, 15) is 9.59 Å². The highest BCUT2D eigenvalue weighted by Gasteiger charge is 2.34. The number of nitrogens with zero attached hydrogens (tertiary/aromatic N) is 3. The molecule has 1 aromatic heterocycles. The Labute approximate surface area is 163 Å². The van der Waals surface area contributed by atoms with Gasteiger partial charge in [0.1, 0.15) is 5.75 Å². The summed E-state index contributed by atoms with van der Waals surface area (Å²) >= 11 is 0. The summed E-state index contributed by atoms with van der Waals surface area (Å²) < 4.78 is 10.7. The maximum Gasteiger partial charge on any atom is 0.322 e. The smallest absolute Gasteiger partial charge is 0.322 e. The third kappa shape index (κ3) is 5.04. The zero-order valence-corrected chi connectivity index (χ0v) is 16.3. The molecular formula is C20H24N4O4. The lowest BCUT2D eigenvalue weighted by Gasteiger charge is -2.16. The molecule has 28 heavy (non-hydrogen) atoms. The molecule has 0 radical (unpaired) electrons. The predicted molar refractivity (Wildman–Crippen MR) is 103 cm³/mol. The first-order valence-electron chi connectivity index (χ1n) is 9.12. The Morgan fingerprint density at radius 3 is 2.71 bits per heavy atom. The van der Waals surface area contributed by atoms with E-state index in [4.69, 9.17) is 9.47 Å². The number of hydrogen-bond donors (Lipinski definition) is 1. The molecule has 148 valence electrons. The van der Waals surface area contributed by atoms with Crippen LogP contribution in [0.15, 0.2) is 30.3 Å². The Morgan fingerprint density at radius 2 is 2.00 bits per heavy atom. The van der Waals surface area contributed by atoms with E-state index in [1.54, 1.807) is 36.3 Å². The van der Waals surface area contributed by atoms with Crippen LogP contribution in [0.5, 0.6) is 11.8 Å². The fourth-order valence-corrected chi connectivity index (χ4v) is 3.09. The van der Waals surface area contributed by atoms with Crippen molar-refractivity contribution in [3.63, 3.8) is 0 Å². The molecular weight excluding hydrogens is 360 g/mol. The second-order valence-electron chi connectivity index (χ2n) is 6.79. The molecule has 8 heteroatoms. The normalized spacial score (nSPS) is 16.3. The highest BCUT2D eigenvalue weighted by atomic mass is 16.5. The molecule has 0 aliphatic carbocycles. The van der Waals surface area contributed by atoms with Gasteiger partial charge in [0.2, 0.25) is 11.8 Å². The van der Waals surface area contributed by atoms with Gasteiger partial charge in [-0.3, -0.25) is 9.59 Å². The number of hydrogen-bond acceptors (Lipinski definition) is 6. The lowest BCUT2D eigenvalue weighted by molar-refractivity contribution is -0.128. The number of amides is 2. The first kappa shape index (κ1) is 19.8. The lowest BCUT2D eigenvalue weighted by atomic mass is 10.1. The van der Waals surface area contributed by atoms with E-state index >= 15 is 0 Å². The highest BCUT2D eigenvalue weighted by molar-refractivity contribution is 5.97. The number of nitrogens with one attached hydrogen (secondary N) is 1. The molecule has 0 bridgehead atoms. The number of rotatable bonds is 7. The van der Waals surface area contributed by atoms with Crippen molar-refractivity contribution in [2.45, 2.75) is 20.3 Å². The third-order valence-corrected chi connectivity index (χ3v) is 4.42. The Balaban J connectivity index is 1.63. The fourth-order valence-electron chi connectivity index (χ4n) is 3.09. The zero-order chi connectivity index (χ0) is 20.1. The van der Waals surface area contributed by atoms with Gasteiger partial charge in [0, 0.05) is 49.8 Å². The van der Waals surface area contributed by atoms with Crippen molar-refractivity contribution >= 4 is 17.5 Å². The van der Waals surface area contributed by atoms with Gasteiger partial charge in [-0.05, 0) is 32.0 Å². The molecule has 1 aliphatic rings. The minimum absolute atomic E-state index is 0.0266. The van der Waals surface area contributed by atoms with Crippen LogP contribution in [-0.4, -0.2) is 53.5 Å². The lowest BCUT2D eigenvalue weighted by Crippen LogP contribution is -2.30. The number of aryl methyl sites for hydroxylation is 2. The maximum atomic E-state index is 12.6. The SMILES string of the molecule is COCCN1CC(C(=O)Nc2cccc(Oc3nc(C)cc(C)n3)c2)CC1=O. The average Bonchev–Trinajstić information content (AvgIpc) is 3.00. The molecule has 1 unspecified atom stereocenters. The van der Waals surface area contributed by atoms with E-state index in [2.05, 4.69) is 15.3 Å². The molecule has 1 fully saturated rings. The van der Waals surface area contributed by atoms with Gasteiger partial charge in [-0.25, -0.2) is 9.97 Å². The van der Waals surface area contributed by atoms with Crippen LogP contribution in [0.1, 0.15) is 17.8 Å². The minimum atomic E-state index is -0.378. The van der Waals surface area contributed by atoms with E-state index < -0.39 is 0 Å².